The van der Waals surface area contributed by atoms with Crippen molar-refractivity contribution in [3.63, 3.8) is 0 Å². The van der Waals surface area contributed by atoms with Gasteiger partial charge in [-0.1, -0.05) is 55.8 Å². The van der Waals surface area contributed by atoms with Crippen molar-refractivity contribution < 1.29 is 4.79 Å². The number of aryl methyl sites for hydroxylation is 2. The topological polar surface area (TPSA) is 41.1 Å². The van der Waals surface area contributed by atoms with Gasteiger partial charge in [0.1, 0.15) is 0 Å². The van der Waals surface area contributed by atoms with Crippen molar-refractivity contribution in [2.75, 3.05) is 11.9 Å². The van der Waals surface area contributed by atoms with E-state index in [9.17, 15) is 4.79 Å². The van der Waals surface area contributed by atoms with E-state index in [0.717, 1.165) is 24.1 Å². The van der Waals surface area contributed by atoms with Gasteiger partial charge in [0.25, 0.3) is 0 Å². The molecule has 0 radical (unpaired) electrons. The van der Waals surface area contributed by atoms with Crippen LogP contribution < -0.4 is 10.6 Å². The summed E-state index contributed by atoms with van der Waals surface area (Å²) in [6.07, 6.45) is 1.80. The van der Waals surface area contributed by atoms with Crippen LogP contribution >= 0.6 is 11.6 Å². The van der Waals surface area contributed by atoms with Crippen LogP contribution in [0.2, 0.25) is 5.02 Å². The number of hydrogen-bond donors (Lipinski definition) is 2. The van der Waals surface area contributed by atoms with Crippen LogP contribution in [0.25, 0.3) is 0 Å². The molecule has 2 aromatic carbocycles. The lowest BCUT2D eigenvalue weighted by Crippen LogP contribution is -2.30. The first-order chi connectivity index (χ1) is 11.5. The number of benzene rings is 2. The first-order valence-electron chi connectivity index (χ1n) is 8.44. The number of carbonyl (C=O) groups excluding carboxylic acids is 1. The molecule has 24 heavy (non-hydrogen) atoms. The molecule has 2 N–H and O–H groups in total. The largest absolute Gasteiger partial charge is 0.324 e. The maximum Gasteiger partial charge on any atom is 0.238 e. The fourth-order valence-electron chi connectivity index (χ4n) is 2.73. The second kappa shape index (κ2) is 8.86. The second-order valence-corrected chi connectivity index (χ2v) is 6.30. The van der Waals surface area contributed by atoms with Gasteiger partial charge in [-0.15, -0.1) is 0 Å². The first-order valence-corrected chi connectivity index (χ1v) is 8.82. The lowest BCUT2D eigenvalue weighted by molar-refractivity contribution is -0.115. The van der Waals surface area contributed by atoms with Gasteiger partial charge in [0.2, 0.25) is 5.91 Å². The molecule has 1 atom stereocenters. The SMILES string of the molecule is CCc1cccc(CC)c1NC(=O)CN[C@H](C)c1cccc(Cl)c1. The second-order valence-electron chi connectivity index (χ2n) is 5.86. The third-order valence-corrected chi connectivity index (χ3v) is 4.42. The lowest BCUT2D eigenvalue weighted by atomic mass is 10.0. The minimum Gasteiger partial charge on any atom is -0.324 e. The number of hydrogen-bond acceptors (Lipinski definition) is 2. The molecule has 0 unspecified atom stereocenters. The number of rotatable bonds is 7. The summed E-state index contributed by atoms with van der Waals surface area (Å²) >= 11 is 6.02. The third kappa shape index (κ3) is 4.83. The van der Waals surface area contributed by atoms with Gasteiger partial charge in [0.15, 0.2) is 0 Å². The predicted octanol–water partition coefficient (Wildman–Crippen LogP) is 4.75. The van der Waals surface area contributed by atoms with Gasteiger partial charge in [0.05, 0.1) is 6.54 Å². The lowest BCUT2D eigenvalue weighted by Gasteiger charge is -2.17. The van der Waals surface area contributed by atoms with Gasteiger partial charge in [-0.2, -0.15) is 0 Å². The number of carbonyl (C=O) groups is 1. The zero-order chi connectivity index (χ0) is 17.5. The van der Waals surface area contributed by atoms with Gasteiger partial charge >= 0.3 is 0 Å². The van der Waals surface area contributed by atoms with Gasteiger partial charge in [-0.3, -0.25) is 4.79 Å². The predicted molar refractivity (Wildman–Crippen MR) is 102 cm³/mol. The molecule has 0 saturated carbocycles. The summed E-state index contributed by atoms with van der Waals surface area (Å²) in [5, 5.41) is 7.03. The summed E-state index contributed by atoms with van der Waals surface area (Å²) in [6, 6.07) is 13.9. The van der Waals surface area contributed by atoms with E-state index in [1.165, 1.54) is 11.1 Å². The van der Waals surface area contributed by atoms with Crippen LogP contribution in [0, 0.1) is 0 Å². The summed E-state index contributed by atoms with van der Waals surface area (Å²) in [5.74, 6) is -0.0283. The van der Waals surface area contributed by atoms with Crippen LogP contribution in [0.1, 0.15) is 43.5 Å². The average molecular weight is 345 g/mol. The van der Waals surface area contributed by atoms with Crippen molar-refractivity contribution in [1.29, 1.82) is 0 Å². The smallest absolute Gasteiger partial charge is 0.238 e. The van der Waals surface area contributed by atoms with E-state index in [2.05, 4.69) is 36.6 Å². The highest BCUT2D eigenvalue weighted by Crippen LogP contribution is 2.22. The fourth-order valence-corrected chi connectivity index (χ4v) is 2.93. The Morgan fingerprint density at radius 3 is 2.29 bits per heavy atom. The van der Waals surface area contributed by atoms with E-state index < -0.39 is 0 Å². The van der Waals surface area contributed by atoms with Crippen LogP contribution in [-0.2, 0) is 17.6 Å². The number of halogens is 1. The highest BCUT2D eigenvalue weighted by molar-refractivity contribution is 6.30. The van der Waals surface area contributed by atoms with Crippen LogP contribution in [0.4, 0.5) is 5.69 Å². The zero-order valence-corrected chi connectivity index (χ0v) is 15.3. The van der Waals surface area contributed by atoms with Crippen LogP contribution in [0.15, 0.2) is 42.5 Å². The standard InChI is InChI=1S/C20H25ClN2O/c1-4-15-8-6-9-16(5-2)20(15)23-19(24)13-22-14(3)17-10-7-11-18(21)12-17/h6-12,14,22H,4-5,13H2,1-3H3,(H,23,24)/t14-/m1/s1. The Kier molecular flexibility index (Phi) is 6.83. The zero-order valence-electron chi connectivity index (χ0n) is 14.5. The maximum atomic E-state index is 12.4. The monoisotopic (exact) mass is 344 g/mol. The molecule has 0 fully saturated rings. The van der Waals surface area contributed by atoms with Crippen molar-refractivity contribution in [3.8, 4) is 0 Å². The van der Waals surface area contributed by atoms with Crippen molar-refractivity contribution in [1.82, 2.24) is 5.32 Å². The molecule has 128 valence electrons. The highest BCUT2D eigenvalue weighted by Gasteiger charge is 2.12. The Balaban J connectivity index is 1.99. The minimum atomic E-state index is -0.0283. The van der Waals surface area contributed by atoms with Crippen molar-refractivity contribution >= 4 is 23.2 Å². The highest BCUT2D eigenvalue weighted by atomic mass is 35.5. The molecule has 4 heteroatoms. The Bertz CT molecular complexity index is 678. The molecule has 1 amide bonds. The van der Waals surface area contributed by atoms with Gasteiger partial charge in [-0.25, -0.2) is 0 Å². The van der Waals surface area contributed by atoms with Crippen molar-refractivity contribution in [2.45, 2.75) is 39.7 Å². The van der Waals surface area contributed by atoms with E-state index in [1.54, 1.807) is 0 Å². The van der Waals surface area contributed by atoms with E-state index in [-0.39, 0.29) is 18.5 Å². The molecular formula is C20H25ClN2O. The van der Waals surface area contributed by atoms with Gasteiger partial charge < -0.3 is 10.6 Å². The molecular weight excluding hydrogens is 320 g/mol. The number of para-hydroxylation sites is 1. The Morgan fingerprint density at radius 1 is 1.08 bits per heavy atom. The number of amides is 1. The molecule has 0 spiro atoms. The van der Waals surface area contributed by atoms with Crippen LogP contribution in [0.5, 0.6) is 0 Å². The average Bonchev–Trinajstić information content (AvgIpc) is 2.59. The third-order valence-electron chi connectivity index (χ3n) is 4.18. The van der Waals surface area contributed by atoms with Gasteiger partial charge in [0, 0.05) is 16.8 Å². The van der Waals surface area contributed by atoms with Crippen LogP contribution in [0.3, 0.4) is 0 Å². The molecule has 0 aromatic heterocycles. The van der Waals surface area contributed by atoms with E-state index in [4.69, 9.17) is 11.6 Å². The summed E-state index contributed by atoms with van der Waals surface area (Å²) in [5.41, 5.74) is 4.37. The summed E-state index contributed by atoms with van der Waals surface area (Å²) in [4.78, 5) is 12.4. The van der Waals surface area contributed by atoms with Crippen molar-refractivity contribution in [3.05, 3.63) is 64.2 Å². The summed E-state index contributed by atoms with van der Waals surface area (Å²) in [7, 11) is 0. The molecule has 3 nitrogen and oxygen atoms in total. The van der Waals surface area contributed by atoms with Gasteiger partial charge in [-0.05, 0) is 48.6 Å². The molecule has 0 saturated heterocycles. The normalized spacial score (nSPS) is 12.0. The Morgan fingerprint density at radius 2 is 1.71 bits per heavy atom. The molecule has 2 aromatic rings. The van der Waals surface area contributed by atoms with E-state index in [1.807, 2.05) is 37.3 Å². The Labute approximate surface area is 149 Å². The van der Waals surface area contributed by atoms with Crippen LogP contribution in [-0.4, -0.2) is 12.5 Å². The molecule has 0 heterocycles. The summed E-state index contributed by atoms with van der Waals surface area (Å²) < 4.78 is 0. The first kappa shape index (κ1) is 18.5. The number of nitrogens with one attached hydrogen (secondary N) is 2. The quantitative estimate of drug-likeness (QED) is 0.760. The molecule has 0 aliphatic heterocycles. The molecule has 0 bridgehead atoms. The molecule has 0 aliphatic rings. The summed E-state index contributed by atoms with van der Waals surface area (Å²) in [6.45, 7) is 6.49. The fraction of sp³-hybridized carbons (Fsp3) is 0.350. The van der Waals surface area contributed by atoms with Crippen molar-refractivity contribution in [2.24, 2.45) is 0 Å². The Hall–Kier alpha value is -1.84. The number of anilines is 1. The van der Waals surface area contributed by atoms with E-state index >= 15 is 0 Å². The minimum absolute atomic E-state index is 0.0283. The van der Waals surface area contributed by atoms with E-state index in [0.29, 0.717) is 5.02 Å². The molecule has 0 aliphatic carbocycles. The molecule has 2 rings (SSSR count). The maximum absolute atomic E-state index is 12.4.